The number of nitrogens with zero attached hydrogens (tertiary/aromatic N) is 1. The van der Waals surface area contributed by atoms with Crippen LogP contribution < -0.4 is 10.6 Å². The Labute approximate surface area is 236 Å². The van der Waals surface area contributed by atoms with Crippen molar-refractivity contribution in [2.24, 2.45) is 5.92 Å². The Hall–Kier alpha value is -2.47. The van der Waals surface area contributed by atoms with Gasteiger partial charge in [0.05, 0.1) is 11.4 Å². The van der Waals surface area contributed by atoms with Crippen LogP contribution >= 0.6 is 0 Å². The summed E-state index contributed by atoms with van der Waals surface area (Å²) >= 11 is 0. The highest BCUT2D eigenvalue weighted by Crippen LogP contribution is 2.47. The third-order valence-corrected chi connectivity index (χ3v) is 10.3. The summed E-state index contributed by atoms with van der Waals surface area (Å²) in [6, 6.07) is -1.82. The lowest BCUT2D eigenvalue weighted by Crippen LogP contribution is -2.57. The molecule has 2 heterocycles. The second kappa shape index (κ2) is 11.8. The van der Waals surface area contributed by atoms with E-state index < -0.39 is 73.9 Å². The molecule has 5 atom stereocenters. The molecular weight excluding hydrogens is 538 g/mol. The molecule has 3 amide bonds. The maximum atomic E-state index is 13.8. The van der Waals surface area contributed by atoms with Crippen molar-refractivity contribution in [1.82, 2.24) is 15.5 Å². The first-order valence-corrected chi connectivity index (χ1v) is 16.0. The number of methoxy groups -OCH3 is 1. The summed E-state index contributed by atoms with van der Waals surface area (Å²) in [5.74, 6) is -2.34. The third kappa shape index (κ3) is 7.23. The summed E-state index contributed by atoms with van der Waals surface area (Å²) in [4.78, 5) is 55.0. The van der Waals surface area contributed by atoms with Crippen LogP contribution in [0.3, 0.4) is 0 Å². The van der Waals surface area contributed by atoms with E-state index >= 15 is 0 Å². The van der Waals surface area contributed by atoms with Crippen molar-refractivity contribution in [3.05, 3.63) is 12.2 Å². The molecule has 3 fully saturated rings. The Morgan fingerprint density at radius 1 is 1.15 bits per heavy atom. The number of hydrogen-bond donors (Lipinski definition) is 2. The first-order valence-electron chi connectivity index (χ1n) is 14.3. The Balaban J connectivity index is 1.58. The van der Waals surface area contributed by atoms with Gasteiger partial charge < -0.3 is 25.0 Å². The SMILES string of the molecule is CO[C@@H]1C[C@H]2C(=O)N[C@]3(C(=O)CS(=O)(=O)C4CC4)C[C@H]3/C=C\CCCCC[C@H](NC(=O)OC(C)(C)C)C(=O)N2C1. The van der Waals surface area contributed by atoms with Gasteiger partial charge in [-0.2, -0.15) is 0 Å². The van der Waals surface area contributed by atoms with Gasteiger partial charge in [0.1, 0.15) is 29.0 Å². The molecule has 2 aliphatic carbocycles. The fourth-order valence-corrected chi connectivity index (χ4v) is 7.34. The molecule has 0 aromatic heterocycles. The number of allylic oxidation sites excluding steroid dienone is 1. The first kappa shape index (κ1) is 30.5. The number of rotatable bonds is 6. The number of ketones is 1. The summed E-state index contributed by atoms with van der Waals surface area (Å²) in [6.07, 6.45) is 7.92. The molecule has 40 heavy (non-hydrogen) atoms. The highest BCUT2D eigenvalue weighted by molar-refractivity contribution is 7.93. The van der Waals surface area contributed by atoms with E-state index in [0.29, 0.717) is 32.1 Å². The Bertz CT molecular complexity index is 1140. The molecule has 2 N–H and O–H groups in total. The number of fused-ring (bicyclic) bond motifs is 2. The van der Waals surface area contributed by atoms with Gasteiger partial charge in [0, 0.05) is 26.0 Å². The van der Waals surface area contributed by atoms with Gasteiger partial charge in [0.2, 0.25) is 11.8 Å². The van der Waals surface area contributed by atoms with Gasteiger partial charge in [-0.15, -0.1) is 0 Å². The second-order valence-corrected chi connectivity index (χ2v) is 14.8. The van der Waals surface area contributed by atoms with Crippen molar-refractivity contribution in [2.75, 3.05) is 19.4 Å². The Morgan fingerprint density at radius 3 is 2.52 bits per heavy atom. The number of sulfone groups is 1. The van der Waals surface area contributed by atoms with Gasteiger partial charge >= 0.3 is 6.09 Å². The van der Waals surface area contributed by atoms with E-state index in [-0.39, 0.29) is 18.9 Å². The average molecular weight is 582 g/mol. The van der Waals surface area contributed by atoms with Crippen molar-refractivity contribution in [2.45, 2.75) is 113 Å². The summed E-state index contributed by atoms with van der Waals surface area (Å²) in [5.41, 5.74) is -2.05. The van der Waals surface area contributed by atoms with Crippen LogP contribution in [0.5, 0.6) is 0 Å². The predicted molar refractivity (Wildman–Crippen MR) is 147 cm³/mol. The minimum absolute atomic E-state index is 0.153. The maximum absolute atomic E-state index is 13.8. The summed E-state index contributed by atoms with van der Waals surface area (Å²) in [5, 5.41) is 5.11. The number of ether oxygens (including phenoxy) is 2. The molecule has 0 unspecified atom stereocenters. The van der Waals surface area contributed by atoms with Crippen LogP contribution in [0.15, 0.2) is 12.2 Å². The van der Waals surface area contributed by atoms with Gasteiger partial charge in [0.15, 0.2) is 15.6 Å². The lowest BCUT2D eigenvalue weighted by atomic mass is 10.0. The quantitative estimate of drug-likeness (QED) is 0.453. The zero-order valence-electron chi connectivity index (χ0n) is 23.9. The van der Waals surface area contributed by atoms with Gasteiger partial charge in [-0.1, -0.05) is 25.0 Å². The van der Waals surface area contributed by atoms with Crippen molar-refractivity contribution in [1.29, 1.82) is 0 Å². The van der Waals surface area contributed by atoms with Crippen LogP contribution in [0.4, 0.5) is 4.79 Å². The fraction of sp³-hybridized carbons (Fsp3) is 0.786. The topological polar surface area (TPSA) is 148 Å². The van der Waals surface area contributed by atoms with Crippen LogP contribution in [0.25, 0.3) is 0 Å². The molecule has 0 aromatic carbocycles. The molecule has 0 bridgehead atoms. The molecule has 0 radical (unpaired) electrons. The standard InChI is InChI=1S/C28H43N3O8S/c1-27(2,3)39-26(35)29-21-11-9-7-5-6-8-10-18-15-28(18,23(32)17-40(36,37)20-12-13-20)30-24(33)22-14-19(38-4)16-31(22)25(21)34/h8,10,18-22H,5-7,9,11-17H2,1-4H3,(H,29,35)(H,30,33)/b10-8-/t18-,19-,21+,22+,28-/m1/s1. The first-order chi connectivity index (χ1) is 18.8. The number of amides is 3. The minimum atomic E-state index is -3.56. The summed E-state index contributed by atoms with van der Waals surface area (Å²) in [7, 11) is -2.06. The van der Waals surface area contributed by atoms with E-state index in [1.807, 2.05) is 12.2 Å². The van der Waals surface area contributed by atoms with Gasteiger partial charge in [-0.05, 0) is 59.3 Å². The molecule has 0 spiro atoms. The molecule has 224 valence electrons. The summed E-state index contributed by atoms with van der Waals surface area (Å²) < 4.78 is 36.2. The van der Waals surface area contributed by atoms with Crippen molar-refractivity contribution >= 4 is 33.5 Å². The number of alkyl carbamates (subject to hydrolysis) is 1. The fourth-order valence-electron chi connectivity index (χ4n) is 5.63. The highest BCUT2D eigenvalue weighted by atomic mass is 32.2. The van der Waals surface area contributed by atoms with Crippen LogP contribution in [-0.4, -0.2) is 91.0 Å². The lowest BCUT2D eigenvalue weighted by Gasteiger charge is -2.30. The molecule has 4 rings (SSSR count). The number of nitrogens with one attached hydrogen (secondary N) is 2. The number of Topliss-reactive ketones (excluding diaryl/α,β-unsaturated/α-hetero) is 1. The molecule has 2 saturated carbocycles. The van der Waals surface area contributed by atoms with E-state index in [4.69, 9.17) is 9.47 Å². The molecule has 12 heteroatoms. The van der Waals surface area contributed by atoms with Crippen LogP contribution in [-0.2, 0) is 33.7 Å². The Morgan fingerprint density at radius 2 is 1.88 bits per heavy atom. The van der Waals surface area contributed by atoms with Crippen molar-refractivity contribution < 1.29 is 37.1 Å². The van der Waals surface area contributed by atoms with E-state index in [9.17, 15) is 27.6 Å². The zero-order valence-corrected chi connectivity index (χ0v) is 24.8. The largest absolute Gasteiger partial charge is 0.444 e. The molecular formula is C28H43N3O8S. The van der Waals surface area contributed by atoms with Crippen molar-refractivity contribution in [3.63, 3.8) is 0 Å². The van der Waals surface area contributed by atoms with E-state index in [1.54, 1.807) is 20.8 Å². The van der Waals surface area contributed by atoms with Crippen LogP contribution in [0.1, 0.15) is 78.6 Å². The number of hydrogen-bond acceptors (Lipinski definition) is 8. The molecule has 1 saturated heterocycles. The highest BCUT2D eigenvalue weighted by Gasteiger charge is 2.61. The predicted octanol–water partition coefficient (Wildman–Crippen LogP) is 2.04. The minimum Gasteiger partial charge on any atom is -0.444 e. The molecule has 2 aliphatic heterocycles. The van der Waals surface area contributed by atoms with E-state index in [2.05, 4.69) is 10.6 Å². The summed E-state index contributed by atoms with van der Waals surface area (Å²) in [6.45, 7) is 5.36. The molecule has 4 aliphatic rings. The van der Waals surface area contributed by atoms with Crippen LogP contribution in [0.2, 0.25) is 0 Å². The third-order valence-electron chi connectivity index (χ3n) is 8.13. The van der Waals surface area contributed by atoms with Crippen LogP contribution in [0, 0.1) is 5.92 Å². The van der Waals surface area contributed by atoms with Gasteiger partial charge in [0.25, 0.3) is 0 Å². The normalized spacial score (nSPS) is 32.5. The number of carbonyl (C=O) groups excluding carboxylic acids is 4. The molecule has 0 aromatic rings. The van der Waals surface area contributed by atoms with E-state index in [1.165, 1.54) is 12.0 Å². The van der Waals surface area contributed by atoms with Gasteiger partial charge in [-0.25, -0.2) is 13.2 Å². The lowest BCUT2D eigenvalue weighted by molar-refractivity contribution is -0.141. The molecule has 11 nitrogen and oxygen atoms in total. The maximum Gasteiger partial charge on any atom is 0.408 e. The zero-order chi connectivity index (χ0) is 29.3. The van der Waals surface area contributed by atoms with Gasteiger partial charge in [-0.3, -0.25) is 14.4 Å². The Kier molecular flexibility index (Phi) is 8.99. The smallest absolute Gasteiger partial charge is 0.408 e. The average Bonchev–Trinajstić information content (AvgIpc) is 3.77. The second-order valence-electron chi connectivity index (χ2n) is 12.6. The van der Waals surface area contributed by atoms with Crippen molar-refractivity contribution in [3.8, 4) is 0 Å². The monoisotopic (exact) mass is 581 g/mol. The van der Waals surface area contributed by atoms with E-state index in [0.717, 1.165) is 19.3 Å². The number of carbonyl (C=O) groups is 4.